The molecule has 0 spiro atoms. The molecule has 0 aromatic heterocycles. The Morgan fingerprint density at radius 3 is 1.30 bits per heavy atom. The van der Waals surface area contributed by atoms with Crippen molar-refractivity contribution in [1.29, 1.82) is 0 Å². The van der Waals surface area contributed by atoms with Crippen molar-refractivity contribution in [2.24, 2.45) is 5.92 Å². The minimum atomic E-state index is -1.86. The highest BCUT2D eigenvalue weighted by Gasteiger charge is 2.24. The van der Waals surface area contributed by atoms with Crippen LogP contribution in [0.5, 0.6) is 0 Å². The first-order valence-electron chi connectivity index (χ1n) is 3.19. The van der Waals surface area contributed by atoms with Crippen molar-refractivity contribution in [3.8, 4) is 0 Å². The van der Waals surface area contributed by atoms with E-state index in [1.54, 1.807) is 13.8 Å². The molecular formula is C6H14O4. The van der Waals surface area contributed by atoms with Crippen LogP contribution in [0.4, 0.5) is 0 Å². The van der Waals surface area contributed by atoms with Gasteiger partial charge in [0.1, 0.15) is 6.10 Å². The minimum Gasteiger partial charge on any atom is -0.390 e. The van der Waals surface area contributed by atoms with E-state index in [1.807, 2.05) is 0 Å². The first-order valence-corrected chi connectivity index (χ1v) is 3.19. The second-order valence-corrected chi connectivity index (χ2v) is 2.64. The fourth-order valence-corrected chi connectivity index (χ4v) is 0.571. The molecule has 0 saturated heterocycles. The molecular weight excluding hydrogens is 136 g/mol. The van der Waals surface area contributed by atoms with Gasteiger partial charge in [0.05, 0.1) is 6.10 Å². The summed E-state index contributed by atoms with van der Waals surface area (Å²) in [6.45, 7) is 3.35. The predicted octanol–water partition coefficient (Wildman–Crippen LogP) is -1.33. The minimum absolute atomic E-state index is 0.184. The van der Waals surface area contributed by atoms with E-state index in [4.69, 9.17) is 20.4 Å². The molecule has 0 aliphatic carbocycles. The summed E-state index contributed by atoms with van der Waals surface area (Å²) in [7, 11) is 0. The second-order valence-electron chi connectivity index (χ2n) is 2.64. The molecule has 2 atom stereocenters. The first kappa shape index (κ1) is 9.84. The third kappa shape index (κ3) is 2.62. The van der Waals surface area contributed by atoms with Crippen LogP contribution in [0.15, 0.2) is 0 Å². The Morgan fingerprint density at radius 2 is 1.20 bits per heavy atom. The van der Waals surface area contributed by atoms with E-state index in [-0.39, 0.29) is 5.92 Å². The summed E-state index contributed by atoms with van der Waals surface area (Å²) in [4.78, 5) is 0. The highest BCUT2D eigenvalue weighted by Crippen LogP contribution is 2.07. The van der Waals surface area contributed by atoms with E-state index in [9.17, 15) is 0 Å². The molecule has 2 unspecified atom stereocenters. The molecule has 0 aromatic rings. The molecule has 0 aliphatic heterocycles. The first-order chi connectivity index (χ1) is 4.46. The number of hydrogen-bond donors (Lipinski definition) is 4. The van der Waals surface area contributed by atoms with Crippen molar-refractivity contribution in [1.82, 2.24) is 0 Å². The lowest BCUT2D eigenvalue weighted by atomic mass is 10.0. The summed E-state index contributed by atoms with van der Waals surface area (Å²) in [6.07, 6.45) is -4.42. The van der Waals surface area contributed by atoms with Crippen LogP contribution in [0.2, 0.25) is 0 Å². The molecule has 0 radical (unpaired) electrons. The Kier molecular flexibility index (Phi) is 3.81. The summed E-state index contributed by atoms with van der Waals surface area (Å²) in [5.74, 6) is -0.184. The molecule has 4 nitrogen and oxygen atoms in total. The molecule has 0 fully saturated rings. The lowest BCUT2D eigenvalue weighted by molar-refractivity contribution is -0.165. The SMILES string of the molecule is CC(C)C(O)C(O)C(O)O. The maximum absolute atomic E-state index is 9.00. The number of aliphatic hydroxyl groups is 4. The van der Waals surface area contributed by atoms with Crippen LogP contribution >= 0.6 is 0 Å². The van der Waals surface area contributed by atoms with Gasteiger partial charge in [-0.2, -0.15) is 0 Å². The Labute approximate surface area is 59.7 Å². The number of aliphatic hydroxyl groups excluding tert-OH is 3. The van der Waals surface area contributed by atoms with E-state index in [2.05, 4.69) is 0 Å². The van der Waals surface area contributed by atoms with Gasteiger partial charge in [-0.25, -0.2) is 0 Å². The van der Waals surface area contributed by atoms with Crippen molar-refractivity contribution in [3.05, 3.63) is 0 Å². The zero-order chi connectivity index (χ0) is 8.31. The van der Waals surface area contributed by atoms with Crippen LogP contribution in [0.25, 0.3) is 0 Å². The topological polar surface area (TPSA) is 80.9 Å². The van der Waals surface area contributed by atoms with E-state index >= 15 is 0 Å². The second kappa shape index (κ2) is 3.88. The summed E-state index contributed by atoms with van der Waals surface area (Å²) in [5, 5.41) is 34.6. The van der Waals surface area contributed by atoms with Gasteiger partial charge in [0, 0.05) is 0 Å². The predicted molar refractivity (Wildman–Crippen MR) is 35.1 cm³/mol. The lowest BCUT2D eigenvalue weighted by Gasteiger charge is -2.21. The monoisotopic (exact) mass is 150 g/mol. The van der Waals surface area contributed by atoms with Gasteiger partial charge in [-0.3, -0.25) is 0 Å². The maximum Gasteiger partial charge on any atom is 0.180 e. The van der Waals surface area contributed by atoms with Crippen LogP contribution < -0.4 is 0 Å². The lowest BCUT2D eigenvalue weighted by Crippen LogP contribution is -2.40. The Morgan fingerprint density at radius 1 is 0.800 bits per heavy atom. The Balaban J connectivity index is 3.81. The molecule has 4 heteroatoms. The van der Waals surface area contributed by atoms with Crippen LogP contribution in [0, 0.1) is 5.92 Å². The van der Waals surface area contributed by atoms with Crippen molar-refractivity contribution < 1.29 is 20.4 Å². The van der Waals surface area contributed by atoms with Gasteiger partial charge in [-0.1, -0.05) is 13.8 Å². The van der Waals surface area contributed by atoms with Crippen molar-refractivity contribution in [3.63, 3.8) is 0 Å². The highest BCUT2D eigenvalue weighted by molar-refractivity contribution is 4.71. The fourth-order valence-electron chi connectivity index (χ4n) is 0.571. The molecule has 0 amide bonds. The van der Waals surface area contributed by atoms with Gasteiger partial charge in [0.25, 0.3) is 0 Å². The Bertz CT molecular complexity index is 79.7. The van der Waals surface area contributed by atoms with Gasteiger partial charge in [-0.15, -0.1) is 0 Å². The largest absolute Gasteiger partial charge is 0.390 e. The summed E-state index contributed by atoms with van der Waals surface area (Å²) < 4.78 is 0. The van der Waals surface area contributed by atoms with Gasteiger partial charge in [0.15, 0.2) is 6.29 Å². The third-order valence-corrected chi connectivity index (χ3v) is 1.34. The van der Waals surface area contributed by atoms with Gasteiger partial charge in [0.2, 0.25) is 0 Å². The number of rotatable bonds is 3. The molecule has 0 bridgehead atoms. The smallest absolute Gasteiger partial charge is 0.180 e. The molecule has 4 N–H and O–H groups in total. The third-order valence-electron chi connectivity index (χ3n) is 1.34. The quantitative estimate of drug-likeness (QED) is 0.376. The van der Waals surface area contributed by atoms with Crippen molar-refractivity contribution >= 4 is 0 Å². The molecule has 62 valence electrons. The summed E-state index contributed by atoms with van der Waals surface area (Å²) >= 11 is 0. The van der Waals surface area contributed by atoms with Crippen LogP contribution in [0.3, 0.4) is 0 Å². The van der Waals surface area contributed by atoms with E-state index in [0.717, 1.165) is 0 Å². The maximum atomic E-state index is 9.00. The van der Waals surface area contributed by atoms with Crippen LogP contribution in [-0.4, -0.2) is 38.9 Å². The zero-order valence-electron chi connectivity index (χ0n) is 6.10. The normalized spacial score (nSPS) is 18.0. The van der Waals surface area contributed by atoms with E-state index in [0.29, 0.717) is 0 Å². The highest BCUT2D eigenvalue weighted by atomic mass is 16.5. The fraction of sp³-hybridized carbons (Fsp3) is 1.00. The van der Waals surface area contributed by atoms with Crippen molar-refractivity contribution in [2.75, 3.05) is 0 Å². The average Bonchev–Trinajstić information content (AvgIpc) is 1.84. The van der Waals surface area contributed by atoms with Gasteiger partial charge >= 0.3 is 0 Å². The van der Waals surface area contributed by atoms with Crippen LogP contribution in [0.1, 0.15) is 13.8 Å². The van der Waals surface area contributed by atoms with Gasteiger partial charge in [-0.05, 0) is 5.92 Å². The average molecular weight is 150 g/mol. The standard InChI is InChI=1S/C6H14O4/c1-3(2)4(7)5(8)6(9)10/h3-10H,1-2H3. The van der Waals surface area contributed by atoms with Crippen molar-refractivity contribution in [2.45, 2.75) is 32.3 Å². The number of hydrogen-bond acceptors (Lipinski definition) is 4. The zero-order valence-corrected chi connectivity index (χ0v) is 6.10. The molecule has 0 rings (SSSR count). The van der Waals surface area contributed by atoms with E-state index in [1.165, 1.54) is 0 Å². The molecule has 0 aromatic carbocycles. The van der Waals surface area contributed by atoms with Gasteiger partial charge < -0.3 is 20.4 Å². The van der Waals surface area contributed by atoms with Crippen LogP contribution in [-0.2, 0) is 0 Å². The Hall–Kier alpha value is -0.160. The summed E-state index contributed by atoms with van der Waals surface area (Å²) in [6, 6.07) is 0. The molecule has 0 saturated carbocycles. The molecule has 0 aliphatic rings. The molecule has 10 heavy (non-hydrogen) atoms. The summed E-state index contributed by atoms with van der Waals surface area (Å²) in [5.41, 5.74) is 0. The molecule has 0 heterocycles. The van der Waals surface area contributed by atoms with E-state index < -0.39 is 18.5 Å².